The van der Waals surface area contributed by atoms with Crippen molar-refractivity contribution in [2.45, 2.75) is 63.8 Å². The molecule has 0 radical (unpaired) electrons. The fraction of sp³-hybridized carbons (Fsp3) is 0.923. The van der Waals surface area contributed by atoms with Crippen LogP contribution < -0.4 is 5.32 Å². The maximum absolute atomic E-state index is 11.7. The van der Waals surface area contributed by atoms with Gasteiger partial charge in [0.2, 0.25) is 0 Å². The van der Waals surface area contributed by atoms with Gasteiger partial charge >= 0.3 is 5.97 Å². The van der Waals surface area contributed by atoms with E-state index in [0.717, 1.165) is 11.7 Å². The van der Waals surface area contributed by atoms with Gasteiger partial charge in [0.1, 0.15) is 6.04 Å². The van der Waals surface area contributed by atoms with E-state index >= 15 is 0 Å². The lowest BCUT2D eigenvalue weighted by Crippen LogP contribution is -2.43. The molecule has 100 valence electrons. The van der Waals surface area contributed by atoms with Crippen molar-refractivity contribution in [2.24, 2.45) is 0 Å². The number of rotatable bonds is 7. The van der Waals surface area contributed by atoms with Crippen LogP contribution in [0, 0.1) is 0 Å². The highest BCUT2D eigenvalue weighted by molar-refractivity contribution is 7.99. The molecule has 0 heterocycles. The van der Waals surface area contributed by atoms with Crippen molar-refractivity contribution < 1.29 is 9.53 Å². The van der Waals surface area contributed by atoms with Gasteiger partial charge in [-0.05, 0) is 38.4 Å². The van der Waals surface area contributed by atoms with Crippen LogP contribution in [0.5, 0.6) is 0 Å². The molecule has 0 aromatic heterocycles. The Morgan fingerprint density at radius 1 is 1.41 bits per heavy atom. The lowest BCUT2D eigenvalue weighted by molar-refractivity contribution is -0.146. The average Bonchev–Trinajstić information content (AvgIpc) is 2.74. The molecule has 0 amide bonds. The Balaban J connectivity index is 2.34. The molecule has 0 aromatic carbocycles. The molecule has 0 bridgehead atoms. The number of hydrogen-bond acceptors (Lipinski definition) is 4. The first-order chi connectivity index (χ1) is 8.21. The number of ether oxygens (including phenoxy) is 1. The fourth-order valence-corrected chi connectivity index (χ4v) is 3.50. The molecule has 3 nitrogen and oxygen atoms in total. The largest absolute Gasteiger partial charge is 0.465 e. The summed E-state index contributed by atoms with van der Waals surface area (Å²) < 4.78 is 5.07. The highest BCUT2D eigenvalue weighted by Crippen LogP contribution is 2.30. The Labute approximate surface area is 109 Å². The number of carbonyl (C=O) groups excluding carboxylic acids is 1. The molecule has 1 N–H and O–H groups in total. The highest BCUT2D eigenvalue weighted by Gasteiger charge is 2.28. The van der Waals surface area contributed by atoms with Gasteiger partial charge in [0.25, 0.3) is 0 Å². The van der Waals surface area contributed by atoms with Gasteiger partial charge < -0.3 is 10.1 Å². The SMILES string of the molecule is CCOC(=O)C(CC)NC1CCC(SCC)C1. The lowest BCUT2D eigenvalue weighted by Gasteiger charge is -2.20. The summed E-state index contributed by atoms with van der Waals surface area (Å²) in [4.78, 5) is 11.7. The van der Waals surface area contributed by atoms with Gasteiger partial charge in [0, 0.05) is 11.3 Å². The Morgan fingerprint density at radius 2 is 2.18 bits per heavy atom. The van der Waals surface area contributed by atoms with Crippen LogP contribution in [-0.4, -0.2) is 35.7 Å². The Morgan fingerprint density at radius 3 is 2.76 bits per heavy atom. The maximum Gasteiger partial charge on any atom is 0.323 e. The molecule has 0 aromatic rings. The number of esters is 1. The smallest absolute Gasteiger partial charge is 0.323 e. The molecule has 0 spiro atoms. The van der Waals surface area contributed by atoms with Gasteiger partial charge in [0.15, 0.2) is 0 Å². The van der Waals surface area contributed by atoms with E-state index in [1.807, 2.05) is 25.6 Å². The molecule has 17 heavy (non-hydrogen) atoms. The number of carbonyl (C=O) groups is 1. The molecule has 0 saturated heterocycles. The first-order valence-electron chi connectivity index (χ1n) is 6.75. The first kappa shape index (κ1) is 14.8. The maximum atomic E-state index is 11.7. The van der Waals surface area contributed by atoms with Gasteiger partial charge in [-0.15, -0.1) is 0 Å². The van der Waals surface area contributed by atoms with Crippen LogP contribution in [0.3, 0.4) is 0 Å². The molecular formula is C13H25NO2S. The molecule has 0 aliphatic heterocycles. The van der Waals surface area contributed by atoms with E-state index in [-0.39, 0.29) is 12.0 Å². The summed E-state index contributed by atoms with van der Waals surface area (Å²) >= 11 is 2.04. The minimum Gasteiger partial charge on any atom is -0.465 e. The second-order valence-electron chi connectivity index (χ2n) is 4.47. The number of hydrogen-bond donors (Lipinski definition) is 1. The zero-order valence-corrected chi connectivity index (χ0v) is 12.0. The Kier molecular flexibility index (Phi) is 6.97. The number of nitrogens with one attached hydrogen (secondary N) is 1. The van der Waals surface area contributed by atoms with Crippen molar-refractivity contribution in [2.75, 3.05) is 12.4 Å². The van der Waals surface area contributed by atoms with E-state index < -0.39 is 0 Å². The van der Waals surface area contributed by atoms with Crippen molar-refractivity contribution in [3.63, 3.8) is 0 Å². The van der Waals surface area contributed by atoms with E-state index in [9.17, 15) is 4.79 Å². The minimum atomic E-state index is -0.120. The highest BCUT2D eigenvalue weighted by atomic mass is 32.2. The normalized spacial score (nSPS) is 25.8. The van der Waals surface area contributed by atoms with Crippen LogP contribution in [0.25, 0.3) is 0 Å². The second-order valence-corrected chi connectivity index (χ2v) is 6.04. The summed E-state index contributed by atoms with van der Waals surface area (Å²) in [7, 11) is 0. The average molecular weight is 259 g/mol. The minimum absolute atomic E-state index is 0.0957. The topological polar surface area (TPSA) is 38.3 Å². The summed E-state index contributed by atoms with van der Waals surface area (Å²) in [5.41, 5.74) is 0. The summed E-state index contributed by atoms with van der Waals surface area (Å²) in [6, 6.07) is 0.374. The molecule has 3 atom stereocenters. The van der Waals surface area contributed by atoms with E-state index in [1.165, 1.54) is 25.0 Å². The van der Waals surface area contributed by atoms with Crippen molar-refractivity contribution in [1.29, 1.82) is 0 Å². The van der Waals surface area contributed by atoms with E-state index in [2.05, 4.69) is 12.2 Å². The van der Waals surface area contributed by atoms with Gasteiger partial charge in [-0.25, -0.2) is 0 Å². The van der Waals surface area contributed by atoms with Crippen LogP contribution in [-0.2, 0) is 9.53 Å². The standard InChI is InChI=1S/C13H25NO2S/c1-4-12(13(15)16-5-2)14-10-7-8-11(9-10)17-6-3/h10-12,14H,4-9H2,1-3H3. The third-order valence-corrected chi connectivity index (χ3v) is 4.44. The quantitative estimate of drug-likeness (QED) is 0.713. The van der Waals surface area contributed by atoms with Crippen molar-refractivity contribution in [3.05, 3.63) is 0 Å². The molecule has 3 unspecified atom stereocenters. The zero-order valence-electron chi connectivity index (χ0n) is 11.2. The van der Waals surface area contributed by atoms with Crippen LogP contribution in [0.1, 0.15) is 46.5 Å². The van der Waals surface area contributed by atoms with Crippen molar-refractivity contribution >= 4 is 17.7 Å². The Hall–Kier alpha value is -0.220. The predicted molar refractivity (Wildman–Crippen MR) is 73.4 cm³/mol. The monoisotopic (exact) mass is 259 g/mol. The Bertz CT molecular complexity index is 235. The third-order valence-electron chi connectivity index (χ3n) is 3.20. The molecule has 1 aliphatic rings. The summed E-state index contributed by atoms with van der Waals surface area (Å²) in [6.07, 6.45) is 4.46. The van der Waals surface area contributed by atoms with Crippen molar-refractivity contribution in [1.82, 2.24) is 5.32 Å². The van der Waals surface area contributed by atoms with Gasteiger partial charge in [0.05, 0.1) is 6.61 Å². The van der Waals surface area contributed by atoms with E-state index in [1.54, 1.807) is 0 Å². The second kappa shape index (κ2) is 7.98. The van der Waals surface area contributed by atoms with Crippen LogP contribution in [0.2, 0.25) is 0 Å². The summed E-state index contributed by atoms with van der Waals surface area (Å²) in [6.45, 7) is 6.56. The van der Waals surface area contributed by atoms with Crippen LogP contribution in [0.15, 0.2) is 0 Å². The van der Waals surface area contributed by atoms with Gasteiger partial charge in [-0.3, -0.25) is 4.79 Å². The summed E-state index contributed by atoms with van der Waals surface area (Å²) in [5.74, 6) is 1.09. The third kappa shape index (κ3) is 4.88. The lowest BCUT2D eigenvalue weighted by atomic mass is 10.1. The molecular weight excluding hydrogens is 234 g/mol. The van der Waals surface area contributed by atoms with Gasteiger partial charge in [-0.1, -0.05) is 13.8 Å². The molecule has 1 fully saturated rings. The fourth-order valence-electron chi connectivity index (χ4n) is 2.36. The molecule has 1 rings (SSSR count). The molecule has 1 saturated carbocycles. The van der Waals surface area contributed by atoms with E-state index in [4.69, 9.17) is 4.74 Å². The van der Waals surface area contributed by atoms with Crippen molar-refractivity contribution in [3.8, 4) is 0 Å². The summed E-state index contributed by atoms with van der Waals surface area (Å²) in [5, 5.41) is 4.23. The van der Waals surface area contributed by atoms with Crippen LogP contribution >= 0.6 is 11.8 Å². The molecule has 1 aliphatic carbocycles. The van der Waals surface area contributed by atoms with E-state index in [0.29, 0.717) is 12.6 Å². The zero-order chi connectivity index (χ0) is 12.7. The number of thioether (sulfide) groups is 1. The predicted octanol–water partition coefficient (Wildman–Crippen LogP) is 2.59. The molecule has 4 heteroatoms. The van der Waals surface area contributed by atoms with Gasteiger partial charge in [-0.2, -0.15) is 11.8 Å². The first-order valence-corrected chi connectivity index (χ1v) is 7.80. The van der Waals surface area contributed by atoms with Crippen LogP contribution in [0.4, 0.5) is 0 Å².